The third-order valence-electron chi connectivity index (χ3n) is 6.86. The fourth-order valence-corrected chi connectivity index (χ4v) is 5.09. The molecule has 1 amide bonds. The van der Waals surface area contributed by atoms with Crippen molar-refractivity contribution in [3.05, 3.63) is 59.7 Å². The van der Waals surface area contributed by atoms with Gasteiger partial charge in [-0.2, -0.15) is 0 Å². The molecule has 4 aromatic rings. The third kappa shape index (κ3) is 3.04. The zero-order chi connectivity index (χ0) is 23.7. The average molecular weight is 474 g/mol. The number of pyridine rings is 1. The standard InChI is InChI=1S/C24H19FN6O4/c25-17-3-4-18-20-13(8-34-18)9-35-19-5-14(15-6-26-10-27-21(15)12-1-2-12)22-29-28-11-31(22)23(19)30(24(32)33)7-16(17)20/h3-6,10-13H,1-2,7-9H2,(H,32,33)/t13-/m0/s1. The Kier molecular flexibility index (Phi) is 4.23. The van der Waals surface area contributed by atoms with Crippen LogP contribution in [0.2, 0.25) is 0 Å². The van der Waals surface area contributed by atoms with E-state index in [0.717, 1.165) is 29.0 Å². The second kappa shape index (κ2) is 7.36. The lowest BCUT2D eigenvalue weighted by atomic mass is 9.95. The summed E-state index contributed by atoms with van der Waals surface area (Å²) in [6, 6.07) is 4.65. The molecule has 1 fully saturated rings. The molecule has 1 aromatic carbocycles. The maximum Gasteiger partial charge on any atom is 0.413 e. The Bertz CT molecular complexity index is 1520. The molecule has 11 heteroatoms. The topological polar surface area (TPSA) is 115 Å². The first-order valence-electron chi connectivity index (χ1n) is 11.3. The van der Waals surface area contributed by atoms with E-state index in [1.54, 1.807) is 22.7 Å². The van der Waals surface area contributed by atoms with E-state index in [1.165, 1.54) is 18.7 Å². The summed E-state index contributed by atoms with van der Waals surface area (Å²) in [6.07, 6.45) is 5.55. The first kappa shape index (κ1) is 20.1. The van der Waals surface area contributed by atoms with Gasteiger partial charge in [-0.1, -0.05) is 0 Å². The molecule has 1 N–H and O–H groups in total. The smallest absolute Gasteiger partial charge is 0.413 e. The minimum Gasteiger partial charge on any atom is -0.493 e. The van der Waals surface area contributed by atoms with E-state index in [4.69, 9.17) is 9.47 Å². The Morgan fingerprint density at radius 2 is 1.94 bits per heavy atom. The number of ether oxygens (including phenoxy) is 2. The number of rotatable bonds is 2. The van der Waals surface area contributed by atoms with Crippen LogP contribution in [0.5, 0.6) is 11.5 Å². The van der Waals surface area contributed by atoms with E-state index < -0.39 is 11.9 Å². The van der Waals surface area contributed by atoms with E-state index in [-0.39, 0.29) is 30.5 Å². The van der Waals surface area contributed by atoms with Gasteiger partial charge in [-0.25, -0.2) is 19.2 Å². The van der Waals surface area contributed by atoms with Gasteiger partial charge in [0, 0.05) is 34.4 Å². The molecule has 0 bridgehead atoms. The molecular weight excluding hydrogens is 455 g/mol. The molecule has 0 radical (unpaired) electrons. The Morgan fingerprint density at radius 3 is 2.74 bits per heavy atom. The van der Waals surface area contributed by atoms with Gasteiger partial charge < -0.3 is 14.6 Å². The largest absolute Gasteiger partial charge is 0.493 e. The maximum absolute atomic E-state index is 15.0. The van der Waals surface area contributed by atoms with Crippen molar-refractivity contribution in [1.82, 2.24) is 24.6 Å². The minimum atomic E-state index is -1.26. The van der Waals surface area contributed by atoms with Gasteiger partial charge >= 0.3 is 6.09 Å². The lowest BCUT2D eigenvalue weighted by Gasteiger charge is -2.24. The molecular formula is C24H19FN6O4. The molecule has 0 saturated heterocycles. The number of hydrogen-bond donors (Lipinski definition) is 1. The van der Waals surface area contributed by atoms with E-state index in [0.29, 0.717) is 40.8 Å². The van der Waals surface area contributed by atoms with E-state index in [2.05, 4.69) is 20.2 Å². The number of hydrogen-bond acceptors (Lipinski definition) is 7. The van der Waals surface area contributed by atoms with Crippen molar-refractivity contribution in [2.24, 2.45) is 0 Å². The van der Waals surface area contributed by atoms with Crippen molar-refractivity contribution in [3.8, 4) is 22.6 Å². The predicted molar refractivity (Wildman–Crippen MR) is 120 cm³/mol. The number of anilines is 1. The molecule has 0 unspecified atom stereocenters. The third-order valence-corrected chi connectivity index (χ3v) is 6.86. The van der Waals surface area contributed by atoms with Crippen LogP contribution in [0.25, 0.3) is 16.8 Å². The van der Waals surface area contributed by atoms with Crippen LogP contribution in [-0.4, -0.2) is 49.0 Å². The first-order chi connectivity index (χ1) is 17.1. The highest BCUT2D eigenvalue weighted by atomic mass is 19.1. The lowest BCUT2D eigenvalue weighted by molar-refractivity contribution is 0.200. The summed E-state index contributed by atoms with van der Waals surface area (Å²) >= 11 is 0. The minimum absolute atomic E-state index is 0.192. The highest BCUT2D eigenvalue weighted by Crippen LogP contribution is 2.46. The number of fused-ring (bicyclic) bond motifs is 3. The molecule has 176 valence electrons. The van der Waals surface area contributed by atoms with Crippen molar-refractivity contribution >= 4 is 17.6 Å². The molecule has 35 heavy (non-hydrogen) atoms. The lowest BCUT2D eigenvalue weighted by Crippen LogP contribution is -2.31. The van der Waals surface area contributed by atoms with Gasteiger partial charge in [-0.3, -0.25) is 9.30 Å². The summed E-state index contributed by atoms with van der Waals surface area (Å²) in [4.78, 5) is 22.3. The number of amides is 1. The van der Waals surface area contributed by atoms with Crippen LogP contribution >= 0.6 is 0 Å². The van der Waals surface area contributed by atoms with Crippen LogP contribution in [-0.2, 0) is 6.54 Å². The van der Waals surface area contributed by atoms with Crippen molar-refractivity contribution in [1.29, 1.82) is 0 Å². The molecule has 3 aliphatic rings. The summed E-state index contributed by atoms with van der Waals surface area (Å²) < 4.78 is 28.6. The quantitative estimate of drug-likeness (QED) is 0.467. The molecule has 0 spiro atoms. The van der Waals surface area contributed by atoms with Gasteiger partial charge in [0.25, 0.3) is 0 Å². The molecule has 1 aliphatic carbocycles. The molecule has 10 nitrogen and oxygen atoms in total. The SMILES string of the molecule is O=C(O)N1Cc2c(F)ccc3c2[C@@H](CO3)COc2cc(-c3cncnc3C3CC3)c3nncn3c21. The number of nitrogens with zero attached hydrogens (tertiary/aromatic N) is 6. The van der Waals surface area contributed by atoms with Crippen LogP contribution in [0.3, 0.4) is 0 Å². The van der Waals surface area contributed by atoms with Crippen LogP contribution in [0.4, 0.5) is 15.0 Å². The monoisotopic (exact) mass is 474 g/mol. The molecule has 7 rings (SSSR count). The van der Waals surface area contributed by atoms with Crippen LogP contribution in [0, 0.1) is 5.82 Å². The van der Waals surface area contributed by atoms with Crippen molar-refractivity contribution in [2.75, 3.05) is 18.1 Å². The fraction of sp³-hybridized carbons (Fsp3) is 0.292. The normalized spacial score (nSPS) is 18.7. The highest BCUT2D eigenvalue weighted by molar-refractivity contribution is 5.91. The van der Waals surface area contributed by atoms with Crippen LogP contribution in [0.1, 0.15) is 41.5 Å². The molecule has 3 aromatic heterocycles. The fourth-order valence-electron chi connectivity index (χ4n) is 5.09. The maximum atomic E-state index is 15.0. The number of carbonyl (C=O) groups is 1. The van der Waals surface area contributed by atoms with Crippen LogP contribution in [0.15, 0.2) is 37.1 Å². The average Bonchev–Trinajstić information content (AvgIpc) is 3.42. The van der Waals surface area contributed by atoms with Gasteiger partial charge in [0.15, 0.2) is 17.2 Å². The Balaban J connectivity index is 1.47. The molecule has 1 saturated carbocycles. The zero-order valence-corrected chi connectivity index (χ0v) is 18.4. The van der Waals surface area contributed by atoms with E-state index in [1.807, 2.05) is 0 Å². The van der Waals surface area contributed by atoms with E-state index in [9.17, 15) is 9.90 Å². The molecule has 5 heterocycles. The van der Waals surface area contributed by atoms with Gasteiger partial charge in [0.05, 0.1) is 31.4 Å². The summed E-state index contributed by atoms with van der Waals surface area (Å²) in [6.45, 7) is 0.307. The Morgan fingerprint density at radius 1 is 1.11 bits per heavy atom. The second-order valence-electron chi connectivity index (χ2n) is 8.99. The van der Waals surface area contributed by atoms with Gasteiger partial charge in [-0.05, 0) is 31.0 Å². The van der Waals surface area contributed by atoms with Gasteiger partial charge in [-0.15, -0.1) is 10.2 Å². The van der Waals surface area contributed by atoms with Gasteiger partial charge in [0.2, 0.25) is 0 Å². The van der Waals surface area contributed by atoms with Crippen molar-refractivity contribution < 1.29 is 23.8 Å². The van der Waals surface area contributed by atoms with Crippen LogP contribution < -0.4 is 14.4 Å². The Hall–Kier alpha value is -4.28. The predicted octanol–water partition coefficient (Wildman–Crippen LogP) is 3.76. The number of halogens is 1. The first-order valence-corrected chi connectivity index (χ1v) is 11.3. The van der Waals surface area contributed by atoms with Crippen molar-refractivity contribution in [2.45, 2.75) is 31.2 Å². The highest BCUT2D eigenvalue weighted by Gasteiger charge is 2.36. The van der Waals surface area contributed by atoms with Crippen molar-refractivity contribution in [3.63, 3.8) is 0 Å². The molecule has 2 aliphatic heterocycles. The summed E-state index contributed by atoms with van der Waals surface area (Å²) in [5, 5.41) is 18.6. The van der Waals surface area contributed by atoms with Gasteiger partial charge in [0.1, 0.15) is 24.2 Å². The summed E-state index contributed by atoms with van der Waals surface area (Å²) in [5.74, 6) is 0.715. The number of benzene rings is 1. The summed E-state index contributed by atoms with van der Waals surface area (Å²) in [7, 11) is 0. The Labute approximate surface area is 198 Å². The number of carboxylic acid groups (broad SMARTS) is 1. The summed E-state index contributed by atoms with van der Waals surface area (Å²) in [5.41, 5.74) is 3.79. The number of aromatic nitrogens is 5. The second-order valence-corrected chi connectivity index (χ2v) is 8.99. The van der Waals surface area contributed by atoms with E-state index >= 15 is 4.39 Å². The zero-order valence-electron chi connectivity index (χ0n) is 18.4. The molecule has 1 atom stereocenters.